The molecule has 0 radical (unpaired) electrons. The van der Waals surface area contributed by atoms with Crippen LogP contribution in [-0.2, 0) is 4.74 Å². The fourth-order valence-corrected chi connectivity index (χ4v) is 2.82. The highest BCUT2D eigenvalue weighted by molar-refractivity contribution is 4.85. The van der Waals surface area contributed by atoms with Gasteiger partial charge in [-0.05, 0) is 36.6 Å². The zero-order chi connectivity index (χ0) is 9.26. The van der Waals surface area contributed by atoms with Gasteiger partial charge in [-0.25, -0.2) is 0 Å². The summed E-state index contributed by atoms with van der Waals surface area (Å²) in [5, 5.41) is 3.55. The lowest BCUT2D eigenvalue weighted by atomic mass is 9.75. The third kappa shape index (κ3) is 1.89. The maximum absolute atomic E-state index is 5.54. The molecule has 0 amide bonds. The fraction of sp³-hybridized carbons (Fsp3) is 1.00. The van der Waals surface area contributed by atoms with E-state index < -0.39 is 0 Å². The second-order valence-electron chi connectivity index (χ2n) is 4.78. The van der Waals surface area contributed by atoms with Gasteiger partial charge in [0.05, 0.1) is 6.61 Å². The Morgan fingerprint density at radius 2 is 2.08 bits per heavy atom. The first-order valence-electron chi connectivity index (χ1n) is 5.57. The molecule has 2 unspecified atom stereocenters. The van der Waals surface area contributed by atoms with Gasteiger partial charge in [0.1, 0.15) is 0 Å². The van der Waals surface area contributed by atoms with E-state index in [0.29, 0.717) is 0 Å². The Labute approximate surface area is 81.0 Å². The minimum absolute atomic E-state index is 0.772. The van der Waals surface area contributed by atoms with Gasteiger partial charge in [0.15, 0.2) is 0 Å². The fourth-order valence-electron chi connectivity index (χ4n) is 2.82. The Hall–Kier alpha value is -0.0800. The Balaban J connectivity index is 2.06. The summed E-state index contributed by atoms with van der Waals surface area (Å²) in [7, 11) is 0. The Kier molecular flexibility index (Phi) is 2.89. The molecule has 0 aromatic carbocycles. The second kappa shape index (κ2) is 3.97. The molecule has 4 atom stereocenters. The van der Waals surface area contributed by atoms with Gasteiger partial charge >= 0.3 is 0 Å². The third-order valence-electron chi connectivity index (χ3n) is 3.98. The lowest BCUT2D eigenvalue weighted by Gasteiger charge is -2.35. The van der Waals surface area contributed by atoms with Crippen molar-refractivity contribution in [2.24, 2.45) is 23.7 Å². The van der Waals surface area contributed by atoms with E-state index in [1.807, 2.05) is 0 Å². The minimum Gasteiger partial charge on any atom is -0.381 e. The zero-order valence-corrected chi connectivity index (χ0v) is 8.75. The van der Waals surface area contributed by atoms with Gasteiger partial charge in [0, 0.05) is 13.2 Å². The van der Waals surface area contributed by atoms with E-state index in [0.717, 1.165) is 36.9 Å². The average Bonchev–Trinajstić information content (AvgIpc) is 2.29. The van der Waals surface area contributed by atoms with Crippen LogP contribution in [-0.4, -0.2) is 26.3 Å². The second-order valence-corrected chi connectivity index (χ2v) is 4.78. The molecule has 2 fully saturated rings. The van der Waals surface area contributed by atoms with Gasteiger partial charge in [-0.15, -0.1) is 0 Å². The predicted octanol–water partition coefficient (Wildman–Crippen LogP) is 1.51. The molecule has 2 aliphatic heterocycles. The van der Waals surface area contributed by atoms with Crippen molar-refractivity contribution in [2.75, 3.05) is 26.3 Å². The number of nitrogens with one attached hydrogen (secondary N) is 1. The molecule has 2 heteroatoms. The van der Waals surface area contributed by atoms with Crippen LogP contribution in [0, 0.1) is 23.7 Å². The number of fused-ring (bicyclic) bond motifs is 1. The summed E-state index contributed by atoms with van der Waals surface area (Å²) < 4.78 is 5.54. The summed E-state index contributed by atoms with van der Waals surface area (Å²) in [6, 6.07) is 0. The number of ether oxygens (including phenoxy) is 1. The molecule has 0 aromatic heterocycles. The Bertz CT molecular complexity index is 169. The molecule has 0 saturated carbocycles. The van der Waals surface area contributed by atoms with E-state index in [9.17, 15) is 0 Å². The molecule has 2 aliphatic rings. The summed E-state index contributed by atoms with van der Waals surface area (Å²) >= 11 is 0. The topological polar surface area (TPSA) is 21.3 Å². The quantitative estimate of drug-likeness (QED) is 0.614. The molecule has 2 rings (SSSR count). The zero-order valence-electron chi connectivity index (χ0n) is 8.75. The summed E-state index contributed by atoms with van der Waals surface area (Å²) in [6.07, 6.45) is 1.28. The third-order valence-corrected chi connectivity index (χ3v) is 3.98. The molecular formula is C11H21NO. The molecule has 2 nitrogen and oxygen atoms in total. The number of hydrogen-bond acceptors (Lipinski definition) is 2. The molecule has 0 aromatic rings. The van der Waals surface area contributed by atoms with Gasteiger partial charge in [-0.3, -0.25) is 0 Å². The number of rotatable bonds is 0. The SMILES string of the molecule is C[C@@H]1CNCC2COCCC2[C@@H]1C. The van der Waals surface area contributed by atoms with E-state index in [1.165, 1.54) is 19.5 Å². The van der Waals surface area contributed by atoms with Crippen molar-refractivity contribution >= 4 is 0 Å². The van der Waals surface area contributed by atoms with Crippen LogP contribution >= 0.6 is 0 Å². The summed E-state index contributed by atoms with van der Waals surface area (Å²) in [4.78, 5) is 0. The lowest BCUT2D eigenvalue weighted by molar-refractivity contribution is -0.000736. The molecule has 76 valence electrons. The largest absolute Gasteiger partial charge is 0.381 e. The van der Waals surface area contributed by atoms with Crippen molar-refractivity contribution in [2.45, 2.75) is 20.3 Å². The highest BCUT2D eigenvalue weighted by Gasteiger charge is 2.34. The van der Waals surface area contributed by atoms with Crippen molar-refractivity contribution in [3.05, 3.63) is 0 Å². The highest BCUT2D eigenvalue weighted by atomic mass is 16.5. The predicted molar refractivity (Wildman–Crippen MR) is 53.6 cm³/mol. The van der Waals surface area contributed by atoms with Gasteiger partial charge < -0.3 is 10.1 Å². The first-order chi connectivity index (χ1) is 6.29. The average molecular weight is 183 g/mol. The molecule has 13 heavy (non-hydrogen) atoms. The van der Waals surface area contributed by atoms with Crippen molar-refractivity contribution in [1.82, 2.24) is 5.32 Å². The first-order valence-corrected chi connectivity index (χ1v) is 5.57. The summed E-state index contributed by atoms with van der Waals surface area (Å²) in [5.74, 6) is 3.37. The molecular weight excluding hydrogens is 162 g/mol. The molecule has 2 saturated heterocycles. The Morgan fingerprint density at radius 3 is 2.92 bits per heavy atom. The van der Waals surface area contributed by atoms with E-state index in [4.69, 9.17) is 4.74 Å². The van der Waals surface area contributed by atoms with Crippen LogP contribution in [0.5, 0.6) is 0 Å². The smallest absolute Gasteiger partial charge is 0.0509 e. The maximum Gasteiger partial charge on any atom is 0.0509 e. The van der Waals surface area contributed by atoms with E-state index in [-0.39, 0.29) is 0 Å². The maximum atomic E-state index is 5.54. The molecule has 1 N–H and O–H groups in total. The van der Waals surface area contributed by atoms with Gasteiger partial charge in [0.2, 0.25) is 0 Å². The van der Waals surface area contributed by atoms with Crippen LogP contribution in [0.4, 0.5) is 0 Å². The van der Waals surface area contributed by atoms with E-state index in [1.54, 1.807) is 0 Å². The first kappa shape index (κ1) is 9.47. The van der Waals surface area contributed by atoms with Crippen molar-refractivity contribution in [3.63, 3.8) is 0 Å². The number of hydrogen-bond donors (Lipinski definition) is 1. The van der Waals surface area contributed by atoms with Crippen LogP contribution in [0.2, 0.25) is 0 Å². The molecule has 2 heterocycles. The molecule has 0 bridgehead atoms. The van der Waals surface area contributed by atoms with Crippen molar-refractivity contribution in [1.29, 1.82) is 0 Å². The van der Waals surface area contributed by atoms with Crippen LogP contribution in [0.1, 0.15) is 20.3 Å². The summed E-state index contributed by atoms with van der Waals surface area (Å²) in [6.45, 7) is 9.11. The van der Waals surface area contributed by atoms with Gasteiger partial charge in [0.25, 0.3) is 0 Å². The monoisotopic (exact) mass is 183 g/mol. The molecule has 0 spiro atoms. The van der Waals surface area contributed by atoms with E-state index in [2.05, 4.69) is 19.2 Å². The van der Waals surface area contributed by atoms with Crippen LogP contribution < -0.4 is 5.32 Å². The standard InChI is InChI=1S/C11H21NO/c1-8-5-12-6-10-7-13-4-3-11(10)9(8)2/h8-12H,3-7H2,1-2H3/t8-,9-,10?,11?/m1/s1. The molecule has 0 aliphatic carbocycles. The Morgan fingerprint density at radius 1 is 1.23 bits per heavy atom. The highest BCUT2D eigenvalue weighted by Crippen LogP contribution is 2.34. The normalized spacial score (nSPS) is 46.6. The van der Waals surface area contributed by atoms with Crippen molar-refractivity contribution < 1.29 is 4.74 Å². The summed E-state index contributed by atoms with van der Waals surface area (Å²) in [5.41, 5.74) is 0. The van der Waals surface area contributed by atoms with Crippen LogP contribution in [0.3, 0.4) is 0 Å². The van der Waals surface area contributed by atoms with E-state index >= 15 is 0 Å². The van der Waals surface area contributed by atoms with Crippen molar-refractivity contribution in [3.8, 4) is 0 Å². The van der Waals surface area contributed by atoms with Crippen LogP contribution in [0.15, 0.2) is 0 Å². The van der Waals surface area contributed by atoms with Crippen LogP contribution in [0.25, 0.3) is 0 Å². The minimum atomic E-state index is 0.772. The van der Waals surface area contributed by atoms with Gasteiger partial charge in [-0.2, -0.15) is 0 Å². The lowest BCUT2D eigenvalue weighted by Crippen LogP contribution is -2.35. The van der Waals surface area contributed by atoms with Gasteiger partial charge in [-0.1, -0.05) is 13.8 Å².